The fraction of sp³-hybridized carbons (Fsp3) is 1.00. The number of nitrogens with two attached hydrogens (primary N) is 1. The average molecular weight is 221 g/mol. The van der Waals surface area contributed by atoms with Gasteiger partial charge >= 0.3 is 0 Å². The number of hydrogen-bond acceptors (Lipinski definition) is 2. The van der Waals surface area contributed by atoms with E-state index in [4.69, 9.17) is 5.14 Å². The van der Waals surface area contributed by atoms with Gasteiger partial charge in [0.2, 0.25) is 10.0 Å². The average Bonchev–Trinajstić information content (AvgIpc) is 2.09. The number of unbranched alkanes of at least 4 members (excludes halogenated alkanes) is 3. The molecule has 0 heterocycles. The Morgan fingerprint density at radius 3 is 1.93 bits per heavy atom. The molecule has 0 aliphatic heterocycles. The summed E-state index contributed by atoms with van der Waals surface area (Å²) in [5.74, 6) is 0. The van der Waals surface area contributed by atoms with E-state index in [2.05, 4.69) is 13.8 Å². The number of hydrogen-bond donors (Lipinski definition) is 1. The first kappa shape index (κ1) is 13.9. The lowest BCUT2D eigenvalue weighted by Crippen LogP contribution is -2.28. The van der Waals surface area contributed by atoms with Gasteiger partial charge in [0.1, 0.15) is 0 Å². The molecule has 0 saturated heterocycles. The van der Waals surface area contributed by atoms with Crippen molar-refractivity contribution >= 4 is 10.0 Å². The summed E-state index contributed by atoms with van der Waals surface area (Å²) in [6, 6.07) is 0. The first-order valence-electron chi connectivity index (χ1n) is 5.54. The van der Waals surface area contributed by atoms with Crippen molar-refractivity contribution in [2.45, 2.75) is 64.0 Å². The summed E-state index contributed by atoms with van der Waals surface area (Å²) in [5, 5.41) is 4.86. The molecule has 0 aromatic rings. The van der Waals surface area contributed by atoms with Crippen molar-refractivity contribution in [3.63, 3.8) is 0 Å². The van der Waals surface area contributed by atoms with Gasteiger partial charge in [0.25, 0.3) is 0 Å². The predicted octanol–water partition coefficient (Wildman–Crippen LogP) is 2.41. The van der Waals surface area contributed by atoms with Crippen LogP contribution in [0.15, 0.2) is 0 Å². The third-order valence-corrected chi connectivity index (χ3v) is 3.87. The Balaban J connectivity index is 3.99. The molecule has 0 aliphatic rings. The van der Waals surface area contributed by atoms with Gasteiger partial charge in [-0.1, -0.05) is 46.0 Å². The van der Waals surface area contributed by atoms with Crippen molar-refractivity contribution in [3.8, 4) is 0 Å². The van der Waals surface area contributed by atoms with Crippen LogP contribution >= 0.6 is 0 Å². The Hall–Kier alpha value is -0.0900. The number of rotatable bonds is 8. The van der Waals surface area contributed by atoms with Crippen LogP contribution in [0.5, 0.6) is 0 Å². The van der Waals surface area contributed by atoms with Gasteiger partial charge in [-0.3, -0.25) is 0 Å². The van der Waals surface area contributed by atoms with Gasteiger partial charge in [-0.15, -0.1) is 0 Å². The van der Waals surface area contributed by atoms with Crippen LogP contribution in [-0.2, 0) is 10.0 Å². The Morgan fingerprint density at radius 2 is 1.50 bits per heavy atom. The minimum atomic E-state index is -3.32. The van der Waals surface area contributed by atoms with E-state index in [9.17, 15) is 8.42 Å². The van der Waals surface area contributed by atoms with Crippen LogP contribution in [0.3, 0.4) is 0 Å². The summed E-state index contributed by atoms with van der Waals surface area (Å²) in [6.07, 6.45) is 6.61. The lowest BCUT2D eigenvalue weighted by Gasteiger charge is -2.13. The zero-order valence-electron chi connectivity index (χ0n) is 9.33. The maximum atomic E-state index is 11.2. The van der Waals surface area contributed by atoms with Crippen molar-refractivity contribution in [1.29, 1.82) is 0 Å². The highest BCUT2D eigenvalue weighted by atomic mass is 32.2. The first-order chi connectivity index (χ1) is 6.52. The lowest BCUT2D eigenvalue weighted by atomic mass is 10.1. The van der Waals surface area contributed by atoms with Crippen molar-refractivity contribution in [1.82, 2.24) is 0 Å². The van der Waals surface area contributed by atoms with Crippen LogP contribution in [0.4, 0.5) is 0 Å². The summed E-state index contributed by atoms with van der Waals surface area (Å²) < 4.78 is 22.4. The first-order valence-corrected chi connectivity index (χ1v) is 7.14. The van der Waals surface area contributed by atoms with Gasteiger partial charge in [-0.05, 0) is 12.8 Å². The second-order valence-corrected chi connectivity index (χ2v) is 5.69. The molecule has 0 amide bonds. The largest absolute Gasteiger partial charge is 0.228 e. The molecule has 3 nitrogen and oxygen atoms in total. The normalized spacial score (nSPS) is 14.2. The summed E-state index contributed by atoms with van der Waals surface area (Å²) >= 11 is 0. The zero-order chi connectivity index (χ0) is 11.0. The molecule has 14 heavy (non-hydrogen) atoms. The Kier molecular flexibility index (Phi) is 7.19. The quantitative estimate of drug-likeness (QED) is 0.640. The summed E-state index contributed by atoms with van der Waals surface area (Å²) in [4.78, 5) is 0. The highest BCUT2D eigenvalue weighted by molar-refractivity contribution is 7.89. The molecule has 0 radical (unpaired) electrons. The Bertz CT molecular complexity index is 224. The van der Waals surface area contributed by atoms with Gasteiger partial charge in [-0.25, -0.2) is 13.6 Å². The van der Waals surface area contributed by atoms with Gasteiger partial charge in [-0.2, -0.15) is 0 Å². The van der Waals surface area contributed by atoms with Crippen LogP contribution in [0.25, 0.3) is 0 Å². The Labute approximate surface area is 88.1 Å². The zero-order valence-corrected chi connectivity index (χ0v) is 10.1. The second-order valence-electron chi connectivity index (χ2n) is 3.85. The highest BCUT2D eigenvalue weighted by Gasteiger charge is 2.19. The predicted molar refractivity (Wildman–Crippen MR) is 60.6 cm³/mol. The lowest BCUT2D eigenvalue weighted by molar-refractivity contribution is 0.536. The van der Waals surface area contributed by atoms with Crippen molar-refractivity contribution in [2.75, 3.05) is 0 Å². The molecule has 1 unspecified atom stereocenters. The van der Waals surface area contributed by atoms with Crippen molar-refractivity contribution < 1.29 is 8.42 Å². The fourth-order valence-electron chi connectivity index (χ4n) is 1.53. The van der Waals surface area contributed by atoms with Gasteiger partial charge < -0.3 is 0 Å². The van der Waals surface area contributed by atoms with E-state index in [1.165, 1.54) is 0 Å². The van der Waals surface area contributed by atoms with Gasteiger partial charge in [0.15, 0.2) is 0 Å². The fourth-order valence-corrected chi connectivity index (χ4v) is 2.52. The van der Waals surface area contributed by atoms with Gasteiger partial charge in [0.05, 0.1) is 5.25 Å². The summed E-state index contributed by atoms with van der Waals surface area (Å²) in [5.41, 5.74) is 0. The molecule has 0 saturated carbocycles. The van der Waals surface area contributed by atoms with Crippen LogP contribution in [-0.4, -0.2) is 13.7 Å². The van der Waals surface area contributed by atoms with Crippen molar-refractivity contribution in [2.24, 2.45) is 5.14 Å². The van der Waals surface area contributed by atoms with Crippen LogP contribution in [0, 0.1) is 0 Å². The van der Waals surface area contributed by atoms with E-state index < -0.39 is 10.0 Å². The molecule has 0 aromatic heterocycles. The minimum absolute atomic E-state index is 0.311. The molecule has 86 valence electrons. The molecule has 0 fully saturated rings. The molecule has 2 N–H and O–H groups in total. The Morgan fingerprint density at radius 1 is 1.00 bits per heavy atom. The molecule has 0 aliphatic carbocycles. The highest BCUT2D eigenvalue weighted by Crippen LogP contribution is 2.15. The van der Waals surface area contributed by atoms with E-state index in [1.807, 2.05) is 0 Å². The van der Waals surface area contributed by atoms with E-state index >= 15 is 0 Å². The molecular formula is C10H23NO2S. The standard InChI is InChI=1S/C10H23NO2S/c1-3-5-7-9-10(8-6-4-2)14(11,12)13/h10H,3-9H2,1-2H3,(H2,11,12,13). The molecule has 0 aromatic carbocycles. The monoisotopic (exact) mass is 221 g/mol. The summed E-state index contributed by atoms with van der Waals surface area (Å²) in [6.45, 7) is 4.17. The van der Waals surface area contributed by atoms with E-state index in [0.29, 0.717) is 0 Å². The topological polar surface area (TPSA) is 60.2 Å². The van der Waals surface area contributed by atoms with Gasteiger partial charge in [0, 0.05) is 0 Å². The maximum absolute atomic E-state index is 11.2. The molecule has 0 rings (SSSR count). The van der Waals surface area contributed by atoms with E-state index in [1.54, 1.807) is 0 Å². The summed E-state index contributed by atoms with van der Waals surface area (Å²) in [7, 11) is -3.32. The number of primary sulfonamides is 1. The van der Waals surface area contributed by atoms with Crippen LogP contribution < -0.4 is 5.14 Å². The molecule has 0 spiro atoms. The third-order valence-electron chi connectivity index (χ3n) is 2.47. The van der Waals surface area contributed by atoms with E-state index in [0.717, 1.165) is 44.9 Å². The number of sulfonamides is 1. The van der Waals surface area contributed by atoms with Crippen LogP contribution in [0.1, 0.15) is 58.8 Å². The molecule has 1 atom stereocenters. The maximum Gasteiger partial charge on any atom is 0.211 e. The van der Waals surface area contributed by atoms with Crippen molar-refractivity contribution in [3.05, 3.63) is 0 Å². The van der Waals surface area contributed by atoms with E-state index in [-0.39, 0.29) is 5.25 Å². The smallest absolute Gasteiger partial charge is 0.211 e. The molecule has 0 bridgehead atoms. The molecule has 4 heteroatoms. The third kappa shape index (κ3) is 6.38. The SMILES string of the molecule is CCCCCC(CCCC)S(N)(=O)=O. The van der Waals surface area contributed by atoms with Crippen LogP contribution in [0.2, 0.25) is 0 Å². The molecular weight excluding hydrogens is 198 g/mol. The second kappa shape index (κ2) is 7.23. The minimum Gasteiger partial charge on any atom is -0.228 e.